The minimum Gasteiger partial charge on any atom is -0.348 e. The third-order valence-corrected chi connectivity index (χ3v) is 5.71. The van der Waals surface area contributed by atoms with Gasteiger partial charge in [0.25, 0.3) is 5.91 Å². The average molecular weight is 409 g/mol. The molecular weight excluding hydrogens is 384 g/mol. The lowest BCUT2D eigenvalue weighted by Crippen LogP contribution is -2.36. The molecule has 3 aromatic rings. The number of hydrogen-bond donors (Lipinski definition) is 2. The van der Waals surface area contributed by atoms with E-state index in [4.69, 9.17) is 22.3 Å². The van der Waals surface area contributed by atoms with E-state index in [0.717, 1.165) is 29.7 Å². The number of imidazole rings is 1. The Morgan fingerprint density at radius 1 is 1.10 bits per heavy atom. The Morgan fingerprint density at radius 3 is 2.55 bits per heavy atom. The van der Waals surface area contributed by atoms with Crippen molar-refractivity contribution in [3.05, 3.63) is 71.0 Å². The monoisotopic (exact) mass is 408 g/mol. The molecule has 0 aliphatic heterocycles. The van der Waals surface area contributed by atoms with Crippen LogP contribution in [-0.2, 0) is 6.54 Å². The number of nitrogens with zero attached hydrogens (tertiary/aromatic N) is 2. The number of hydrogen-bond acceptors (Lipinski definition) is 3. The smallest absolute Gasteiger partial charge is 0.271 e. The predicted molar refractivity (Wildman–Crippen MR) is 116 cm³/mol. The van der Waals surface area contributed by atoms with E-state index < -0.39 is 0 Å². The van der Waals surface area contributed by atoms with Gasteiger partial charge in [0.15, 0.2) is 0 Å². The molecule has 6 heteroatoms. The molecule has 0 unspecified atom stereocenters. The van der Waals surface area contributed by atoms with Crippen LogP contribution in [0.2, 0.25) is 5.02 Å². The van der Waals surface area contributed by atoms with E-state index in [2.05, 4.69) is 5.32 Å². The van der Waals surface area contributed by atoms with Gasteiger partial charge in [0, 0.05) is 35.1 Å². The molecule has 5 nitrogen and oxygen atoms in total. The topological polar surface area (TPSA) is 72.9 Å². The van der Waals surface area contributed by atoms with Crippen molar-refractivity contribution >= 4 is 17.5 Å². The van der Waals surface area contributed by atoms with Gasteiger partial charge in [-0.15, -0.1) is 0 Å². The molecule has 1 heterocycles. The number of carbonyl (C=O) groups excluding carboxylic acids is 1. The van der Waals surface area contributed by atoms with Crippen LogP contribution in [0.15, 0.2) is 54.7 Å². The van der Waals surface area contributed by atoms with Crippen LogP contribution in [0.4, 0.5) is 0 Å². The fourth-order valence-corrected chi connectivity index (χ4v) is 4.03. The molecule has 29 heavy (non-hydrogen) atoms. The summed E-state index contributed by atoms with van der Waals surface area (Å²) in [6, 6.07) is 15.6. The van der Waals surface area contributed by atoms with Crippen molar-refractivity contribution in [2.24, 2.45) is 5.73 Å². The third-order valence-electron chi connectivity index (χ3n) is 5.46. The Labute approximate surface area is 175 Å². The molecule has 2 aromatic carbocycles. The number of benzene rings is 2. The van der Waals surface area contributed by atoms with Crippen LogP contribution in [0, 0.1) is 0 Å². The molecule has 0 radical (unpaired) electrons. The normalized spacial score (nSPS) is 14.7. The second kappa shape index (κ2) is 8.80. The molecule has 1 aromatic heterocycles. The third kappa shape index (κ3) is 4.36. The zero-order valence-corrected chi connectivity index (χ0v) is 17.0. The average Bonchev–Trinajstić information content (AvgIpc) is 3.20. The van der Waals surface area contributed by atoms with Crippen LogP contribution in [0.25, 0.3) is 17.1 Å². The quantitative estimate of drug-likeness (QED) is 0.641. The van der Waals surface area contributed by atoms with Gasteiger partial charge < -0.3 is 11.1 Å². The maximum Gasteiger partial charge on any atom is 0.271 e. The van der Waals surface area contributed by atoms with E-state index in [-0.39, 0.29) is 11.9 Å². The Bertz CT molecular complexity index is 990. The van der Waals surface area contributed by atoms with Crippen LogP contribution in [0.5, 0.6) is 0 Å². The fraction of sp³-hybridized carbons (Fsp3) is 0.304. The number of halogens is 1. The highest BCUT2D eigenvalue weighted by molar-refractivity contribution is 6.30. The summed E-state index contributed by atoms with van der Waals surface area (Å²) < 4.78 is 1.93. The maximum atomic E-state index is 12.9. The summed E-state index contributed by atoms with van der Waals surface area (Å²) in [5, 5.41) is 3.82. The molecule has 3 N–H and O–H groups in total. The van der Waals surface area contributed by atoms with Gasteiger partial charge in [-0.25, -0.2) is 4.98 Å². The molecule has 4 rings (SSSR count). The first-order valence-electron chi connectivity index (χ1n) is 10.1. The standard InChI is InChI=1S/C23H25ClN4O/c24-17-10-12-19(13-11-17)28-15-21(23(29)26-18-7-2-1-3-8-18)27-22(28)20-9-5-4-6-16(20)14-25/h4-6,9-13,15,18H,1-3,7-8,14,25H2,(H,26,29). The maximum absolute atomic E-state index is 12.9. The lowest BCUT2D eigenvalue weighted by Gasteiger charge is -2.22. The van der Waals surface area contributed by atoms with Crippen molar-refractivity contribution < 1.29 is 4.79 Å². The predicted octanol–water partition coefficient (Wildman–Crippen LogP) is 4.71. The van der Waals surface area contributed by atoms with Gasteiger partial charge in [0.2, 0.25) is 0 Å². The number of amides is 1. The van der Waals surface area contributed by atoms with E-state index in [1.54, 1.807) is 6.20 Å². The van der Waals surface area contributed by atoms with Gasteiger partial charge >= 0.3 is 0 Å². The molecule has 1 fully saturated rings. The van der Waals surface area contributed by atoms with Gasteiger partial charge in [-0.05, 0) is 42.7 Å². The molecule has 150 valence electrons. The summed E-state index contributed by atoms with van der Waals surface area (Å²) in [6.07, 6.45) is 7.44. The molecule has 0 saturated heterocycles. The highest BCUT2D eigenvalue weighted by Crippen LogP contribution is 2.27. The van der Waals surface area contributed by atoms with Crippen LogP contribution in [0.1, 0.15) is 48.2 Å². The first-order valence-corrected chi connectivity index (χ1v) is 10.5. The highest BCUT2D eigenvalue weighted by Gasteiger charge is 2.21. The number of carbonyl (C=O) groups is 1. The lowest BCUT2D eigenvalue weighted by atomic mass is 9.95. The molecular formula is C23H25ClN4O. The lowest BCUT2D eigenvalue weighted by molar-refractivity contribution is 0.0923. The van der Waals surface area contributed by atoms with Crippen LogP contribution in [-0.4, -0.2) is 21.5 Å². The zero-order valence-electron chi connectivity index (χ0n) is 16.3. The van der Waals surface area contributed by atoms with E-state index in [0.29, 0.717) is 23.1 Å². The van der Waals surface area contributed by atoms with Crippen molar-refractivity contribution in [2.75, 3.05) is 0 Å². The van der Waals surface area contributed by atoms with E-state index in [1.807, 2.05) is 53.1 Å². The van der Waals surface area contributed by atoms with Gasteiger partial charge in [-0.3, -0.25) is 9.36 Å². The second-order valence-corrected chi connectivity index (χ2v) is 7.90. The van der Waals surface area contributed by atoms with E-state index in [1.165, 1.54) is 19.3 Å². The number of aromatic nitrogens is 2. The SMILES string of the molecule is NCc1ccccc1-c1nc(C(=O)NC2CCCCC2)cn1-c1ccc(Cl)cc1. The molecule has 1 amide bonds. The molecule has 1 aliphatic rings. The highest BCUT2D eigenvalue weighted by atomic mass is 35.5. The Hall–Kier alpha value is -2.63. The van der Waals surface area contributed by atoms with E-state index >= 15 is 0 Å². The minimum atomic E-state index is -0.129. The summed E-state index contributed by atoms with van der Waals surface area (Å²) in [5.74, 6) is 0.568. The molecule has 1 saturated carbocycles. The van der Waals surface area contributed by atoms with Crippen molar-refractivity contribution in [2.45, 2.75) is 44.7 Å². The van der Waals surface area contributed by atoms with E-state index in [9.17, 15) is 4.79 Å². The van der Waals surface area contributed by atoms with Crippen LogP contribution in [0.3, 0.4) is 0 Å². The minimum absolute atomic E-state index is 0.129. The Morgan fingerprint density at radius 2 is 1.83 bits per heavy atom. The summed E-state index contributed by atoms with van der Waals surface area (Å²) in [7, 11) is 0. The fourth-order valence-electron chi connectivity index (χ4n) is 3.90. The van der Waals surface area contributed by atoms with Gasteiger partial charge in [0.05, 0.1) is 0 Å². The second-order valence-electron chi connectivity index (χ2n) is 7.47. The van der Waals surface area contributed by atoms with Crippen molar-refractivity contribution in [1.82, 2.24) is 14.9 Å². The molecule has 0 atom stereocenters. The molecule has 0 spiro atoms. The van der Waals surface area contributed by atoms with Crippen LogP contribution < -0.4 is 11.1 Å². The largest absolute Gasteiger partial charge is 0.348 e. The first-order chi connectivity index (χ1) is 14.2. The van der Waals surface area contributed by atoms with Gasteiger partial charge in [0.1, 0.15) is 11.5 Å². The number of rotatable bonds is 5. The summed E-state index contributed by atoms with van der Waals surface area (Å²) >= 11 is 6.06. The number of nitrogens with one attached hydrogen (secondary N) is 1. The van der Waals surface area contributed by atoms with Crippen LogP contribution >= 0.6 is 11.6 Å². The molecule has 0 bridgehead atoms. The number of nitrogens with two attached hydrogens (primary N) is 1. The Kier molecular flexibility index (Phi) is 5.97. The van der Waals surface area contributed by atoms with Gasteiger partial charge in [-0.2, -0.15) is 0 Å². The Balaban J connectivity index is 1.74. The van der Waals surface area contributed by atoms with Crippen molar-refractivity contribution in [3.63, 3.8) is 0 Å². The molecule has 1 aliphatic carbocycles. The first kappa shape index (κ1) is 19.7. The van der Waals surface area contributed by atoms with Gasteiger partial charge in [-0.1, -0.05) is 55.1 Å². The summed E-state index contributed by atoms with van der Waals surface area (Å²) in [4.78, 5) is 17.6. The van der Waals surface area contributed by atoms with Crippen molar-refractivity contribution in [1.29, 1.82) is 0 Å². The summed E-state index contributed by atoms with van der Waals surface area (Å²) in [5.41, 5.74) is 9.15. The zero-order chi connectivity index (χ0) is 20.2. The summed E-state index contributed by atoms with van der Waals surface area (Å²) in [6.45, 7) is 0.396. The van der Waals surface area contributed by atoms with Crippen molar-refractivity contribution in [3.8, 4) is 17.1 Å².